The number of likely N-dealkylation sites (tertiary alicyclic amines) is 1. The lowest BCUT2D eigenvalue weighted by Gasteiger charge is -2.32. The van der Waals surface area contributed by atoms with E-state index in [0.717, 1.165) is 25.9 Å². The van der Waals surface area contributed by atoms with Gasteiger partial charge in [0.1, 0.15) is 6.54 Å². The molecule has 1 saturated heterocycles. The van der Waals surface area contributed by atoms with E-state index in [1.165, 1.54) is 9.78 Å². The van der Waals surface area contributed by atoms with Crippen molar-refractivity contribution in [3.05, 3.63) is 22.4 Å². The molecule has 9 heteroatoms. The number of carbonyl (C=O) groups excluding carboxylic acids is 2. The van der Waals surface area contributed by atoms with Crippen molar-refractivity contribution in [1.29, 1.82) is 0 Å². The zero-order valence-electron chi connectivity index (χ0n) is 16.3. The van der Waals surface area contributed by atoms with Gasteiger partial charge in [-0.25, -0.2) is 4.99 Å². The number of guanidine groups is 1. The minimum Gasteiger partial charge on any atom is -0.358 e. The molecule has 2 heterocycles. The van der Waals surface area contributed by atoms with Crippen LogP contribution in [0.4, 0.5) is 0 Å². The maximum atomic E-state index is 11.9. The van der Waals surface area contributed by atoms with Crippen LogP contribution in [0.1, 0.15) is 17.7 Å². The average molecular weight is 395 g/mol. The molecule has 150 valence electrons. The molecule has 8 nitrogen and oxygen atoms in total. The fourth-order valence-electron chi connectivity index (χ4n) is 2.74. The molecule has 1 fully saturated rings. The minimum atomic E-state index is -0.0346. The fraction of sp³-hybridized carbons (Fsp3) is 0.611. The Bertz CT molecular complexity index is 624. The molecule has 0 radical (unpaired) electrons. The highest BCUT2D eigenvalue weighted by Gasteiger charge is 2.21. The van der Waals surface area contributed by atoms with Crippen molar-refractivity contribution in [3.8, 4) is 0 Å². The molecule has 3 N–H and O–H groups in total. The van der Waals surface area contributed by atoms with Crippen LogP contribution >= 0.6 is 11.3 Å². The van der Waals surface area contributed by atoms with E-state index >= 15 is 0 Å². The first-order valence-corrected chi connectivity index (χ1v) is 10.1. The van der Waals surface area contributed by atoms with E-state index in [-0.39, 0.29) is 24.4 Å². The van der Waals surface area contributed by atoms with Crippen LogP contribution in [0.5, 0.6) is 0 Å². The van der Waals surface area contributed by atoms with Gasteiger partial charge in [0.05, 0.1) is 13.1 Å². The molecule has 0 atom stereocenters. The maximum absolute atomic E-state index is 11.9. The molecule has 0 spiro atoms. The van der Waals surface area contributed by atoms with Gasteiger partial charge in [-0.15, -0.1) is 11.3 Å². The van der Waals surface area contributed by atoms with Crippen molar-refractivity contribution in [3.63, 3.8) is 0 Å². The second kappa shape index (κ2) is 10.9. The number of likely N-dealkylation sites (N-methyl/N-ethyl adjacent to an activating group) is 2. The average Bonchev–Trinajstić information content (AvgIpc) is 3.18. The van der Waals surface area contributed by atoms with E-state index in [0.29, 0.717) is 19.0 Å². The summed E-state index contributed by atoms with van der Waals surface area (Å²) in [7, 11) is 5.12. The Hall–Kier alpha value is -2.13. The third-order valence-corrected chi connectivity index (χ3v) is 5.33. The number of aliphatic imine (C=N–C) groups is 1. The van der Waals surface area contributed by atoms with Gasteiger partial charge in [0.25, 0.3) is 0 Å². The highest BCUT2D eigenvalue weighted by molar-refractivity contribution is 7.09. The van der Waals surface area contributed by atoms with E-state index in [2.05, 4.69) is 31.9 Å². The molecule has 27 heavy (non-hydrogen) atoms. The van der Waals surface area contributed by atoms with Crippen LogP contribution in [-0.4, -0.2) is 80.9 Å². The SMILES string of the molecule is CNC(=O)CN1CCC(NC(=NCC(=O)N(C)C)NCc2cccs2)CC1. The molecule has 1 aliphatic heterocycles. The minimum absolute atomic E-state index is 0.0346. The summed E-state index contributed by atoms with van der Waals surface area (Å²) in [5.41, 5.74) is 0. The number of nitrogens with one attached hydrogen (secondary N) is 3. The quantitative estimate of drug-likeness (QED) is 0.450. The fourth-order valence-corrected chi connectivity index (χ4v) is 3.38. The van der Waals surface area contributed by atoms with Gasteiger partial charge in [0, 0.05) is 45.2 Å². The van der Waals surface area contributed by atoms with E-state index in [1.807, 2.05) is 11.4 Å². The Morgan fingerprint density at radius 2 is 2.07 bits per heavy atom. The Balaban J connectivity index is 1.88. The van der Waals surface area contributed by atoms with Crippen LogP contribution in [-0.2, 0) is 16.1 Å². The van der Waals surface area contributed by atoms with E-state index < -0.39 is 0 Å². The van der Waals surface area contributed by atoms with E-state index in [4.69, 9.17) is 0 Å². The van der Waals surface area contributed by atoms with Gasteiger partial charge in [0.2, 0.25) is 11.8 Å². The number of hydrogen-bond donors (Lipinski definition) is 3. The third kappa shape index (κ3) is 7.56. The van der Waals surface area contributed by atoms with Crippen molar-refractivity contribution >= 4 is 29.1 Å². The van der Waals surface area contributed by atoms with E-state index in [1.54, 1.807) is 32.5 Å². The number of amides is 2. The molecule has 2 rings (SSSR count). The number of thiophene rings is 1. The molecule has 0 aromatic carbocycles. The summed E-state index contributed by atoms with van der Waals surface area (Å²) >= 11 is 1.68. The number of rotatable bonds is 7. The first kappa shape index (κ1) is 21.2. The summed E-state index contributed by atoms with van der Waals surface area (Å²) in [6.07, 6.45) is 1.86. The first-order chi connectivity index (χ1) is 13.0. The predicted octanol–water partition coefficient (Wildman–Crippen LogP) is 0.0819. The molecular formula is C18H30N6O2S. The first-order valence-electron chi connectivity index (χ1n) is 9.18. The number of hydrogen-bond acceptors (Lipinski definition) is 5. The molecule has 0 bridgehead atoms. The van der Waals surface area contributed by atoms with Gasteiger partial charge >= 0.3 is 0 Å². The number of carbonyl (C=O) groups is 2. The number of piperidine rings is 1. The van der Waals surface area contributed by atoms with Gasteiger partial charge in [-0.1, -0.05) is 6.07 Å². The summed E-state index contributed by atoms with van der Waals surface area (Å²) in [6, 6.07) is 4.36. The molecule has 2 amide bonds. The third-order valence-electron chi connectivity index (χ3n) is 4.46. The van der Waals surface area contributed by atoms with Gasteiger partial charge in [-0.2, -0.15) is 0 Å². The summed E-state index contributed by atoms with van der Waals surface area (Å²) in [6.45, 7) is 2.95. The summed E-state index contributed by atoms with van der Waals surface area (Å²) < 4.78 is 0. The normalized spacial score (nSPS) is 16.0. The summed E-state index contributed by atoms with van der Waals surface area (Å²) in [5.74, 6) is 0.666. The second-order valence-corrected chi connectivity index (χ2v) is 7.79. The Labute approximate surface area is 165 Å². The predicted molar refractivity (Wildman–Crippen MR) is 109 cm³/mol. The van der Waals surface area contributed by atoms with Crippen molar-refractivity contribution in [2.75, 3.05) is 47.3 Å². The van der Waals surface area contributed by atoms with Gasteiger partial charge < -0.3 is 20.9 Å². The smallest absolute Gasteiger partial charge is 0.243 e. The molecule has 0 saturated carbocycles. The van der Waals surface area contributed by atoms with Gasteiger partial charge in [0.15, 0.2) is 5.96 Å². The van der Waals surface area contributed by atoms with Crippen LogP contribution in [0, 0.1) is 0 Å². The molecule has 1 aromatic rings. The largest absolute Gasteiger partial charge is 0.358 e. The van der Waals surface area contributed by atoms with Crippen LogP contribution < -0.4 is 16.0 Å². The second-order valence-electron chi connectivity index (χ2n) is 6.75. The maximum Gasteiger partial charge on any atom is 0.243 e. The van der Waals surface area contributed by atoms with Crippen molar-refractivity contribution in [2.24, 2.45) is 4.99 Å². The van der Waals surface area contributed by atoms with E-state index in [9.17, 15) is 9.59 Å². The standard InChI is InChI=1S/C18H30N6O2S/c1-19-16(25)13-24-8-6-14(7-9-24)22-18(21-12-17(26)23(2)3)20-11-15-5-4-10-27-15/h4-5,10,14H,6-9,11-13H2,1-3H3,(H,19,25)(H2,20,21,22). The Morgan fingerprint density at radius 3 is 2.67 bits per heavy atom. The lowest BCUT2D eigenvalue weighted by Crippen LogP contribution is -2.50. The van der Waals surface area contributed by atoms with Crippen molar-refractivity contribution in [1.82, 2.24) is 25.8 Å². The highest BCUT2D eigenvalue weighted by Crippen LogP contribution is 2.10. The van der Waals surface area contributed by atoms with Crippen molar-refractivity contribution < 1.29 is 9.59 Å². The Kier molecular flexibility index (Phi) is 8.53. The molecule has 0 aliphatic carbocycles. The van der Waals surface area contributed by atoms with Gasteiger partial charge in [-0.3, -0.25) is 14.5 Å². The summed E-state index contributed by atoms with van der Waals surface area (Å²) in [4.78, 5) is 32.7. The molecule has 0 unspecified atom stereocenters. The Morgan fingerprint density at radius 1 is 1.33 bits per heavy atom. The van der Waals surface area contributed by atoms with Gasteiger partial charge in [-0.05, 0) is 24.3 Å². The molecular weight excluding hydrogens is 364 g/mol. The topological polar surface area (TPSA) is 89.1 Å². The van der Waals surface area contributed by atoms with Crippen LogP contribution in [0.2, 0.25) is 0 Å². The highest BCUT2D eigenvalue weighted by atomic mass is 32.1. The van der Waals surface area contributed by atoms with Crippen LogP contribution in [0.3, 0.4) is 0 Å². The van der Waals surface area contributed by atoms with Crippen LogP contribution in [0.25, 0.3) is 0 Å². The monoisotopic (exact) mass is 394 g/mol. The van der Waals surface area contributed by atoms with Crippen molar-refractivity contribution in [2.45, 2.75) is 25.4 Å². The lowest BCUT2D eigenvalue weighted by molar-refractivity contribution is -0.127. The van der Waals surface area contributed by atoms with Crippen LogP contribution in [0.15, 0.2) is 22.5 Å². The molecule has 1 aromatic heterocycles. The number of nitrogens with zero attached hydrogens (tertiary/aromatic N) is 3. The lowest BCUT2D eigenvalue weighted by atomic mass is 10.1. The zero-order chi connectivity index (χ0) is 19.6. The summed E-state index contributed by atoms with van der Waals surface area (Å²) in [5, 5.41) is 11.5. The zero-order valence-corrected chi connectivity index (χ0v) is 17.1. The molecule has 1 aliphatic rings.